The summed E-state index contributed by atoms with van der Waals surface area (Å²) in [5, 5.41) is 13.7. The number of carbonyl (C=O) groups excluding carboxylic acids is 1. The SMILES string of the molecule is CC1=NN(CO)C(=O)C1(C)C. The fraction of sp³-hybridized carbons (Fsp3) is 0.714. The molecule has 0 unspecified atom stereocenters. The maximum atomic E-state index is 11.3. The van der Waals surface area contributed by atoms with E-state index in [0.717, 1.165) is 10.7 Å². The lowest BCUT2D eigenvalue weighted by atomic mass is 9.88. The van der Waals surface area contributed by atoms with Gasteiger partial charge >= 0.3 is 0 Å². The van der Waals surface area contributed by atoms with Gasteiger partial charge in [-0.2, -0.15) is 5.10 Å². The van der Waals surface area contributed by atoms with Crippen LogP contribution in [0.3, 0.4) is 0 Å². The van der Waals surface area contributed by atoms with Gasteiger partial charge in [-0.15, -0.1) is 0 Å². The van der Waals surface area contributed by atoms with Crippen LogP contribution >= 0.6 is 0 Å². The zero-order chi connectivity index (χ0) is 8.65. The average Bonchev–Trinajstić information content (AvgIpc) is 2.14. The number of amides is 1. The Morgan fingerprint density at radius 2 is 2.18 bits per heavy atom. The highest BCUT2D eigenvalue weighted by Gasteiger charge is 2.40. The monoisotopic (exact) mass is 156 g/mol. The van der Waals surface area contributed by atoms with Gasteiger partial charge < -0.3 is 5.11 Å². The maximum Gasteiger partial charge on any atom is 0.256 e. The molecule has 0 aliphatic carbocycles. The number of aliphatic hydroxyl groups excluding tert-OH is 1. The van der Waals surface area contributed by atoms with Crippen LogP contribution in [0.5, 0.6) is 0 Å². The molecule has 1 aliphatic heterocycles. The molecule has 1 N–H and O–H groups in total. The molecule has 0 aromatic rings. The third-order valence-corrected chi connectivity index (χ3v) is 2.08. The summed E-state index contributed by atoms with van der Waals surface area (Å²) >= 11 is 0. The number of hydrogen-bond donors (Lipinski definition) is 1. The van der Waals surface area contributed by atoms with E-state index >= 15 is 0 Å². The smallest absolute Gasteiger partial charge is 0.256 e. The molecular weight excluding hydrogens is 144 g/mol. The van der Waals surface area contributed by atoms with Crippen LogP contribution in [-0.2, 0) is 4.79 Å². The second-order valence-electron chi connectivity index (χ2n) is 3.16. The first kappa shape index (κ1) is 8.20. The van der Waals surface area contributed by atoms with Crippen molar-refractivity contribution >= 4 is 11.6 Å². The summed E-state index contributed by atoms with van der Waals surface area (Å²) in [6.45, 7) is 5.04. The molecular formula is C7H12N2O2. The number of rotatable bonds is 1. The van der Waals surface area contributed by atoms with Crippen LogP contribution < -0.4 is 0 Å². The Morgan fingerprint density at radius 1 is 1.64 bits per heavy atom. The summed E-state index contributed by atoms with van der Waals surface area (Å²) in [7, 11) is 0. The molecule has 0 aromatic heterocycles. The van der Waals surface area contributed by atoms with Crippen molar-refractivity contribution in [3.05, 3.63) is 0 Å². The van der Waals surface area contributed by atoms with Crippen LogP contribution in [0.25, 0.3) is 0 Å². The Bertz CT molecular complexity index is 220. The van der Waals surface area contributed by atoms with Crippen LogP contribution in [0.15, 0.2) is 5.10 Å². The maximum absolute atomic E-state index is 11.3. The van der Waals surface area contributed by atoms with Gasteiger partial charge in [0.15, 0.2) is 0 Å². The molecule has 62 valence electrons. The topological polar surface area (TPSA) is 52.9 Å². The van der Waals surface area contributed by atoms with Gasteiger partial charge in [0.25, 0.3) is 5.91 Å². The van der Waals surface area contributed by atoms with E-state index in [0.29, 0.717) is 0 Å². The van der Waals surface area contributed by atoms with Crippen molar-refractivity contribution < 1.29 is 9.90 Å². The standard InChI is InChI=1S/C7H12N2O2/c1-5-7(2,3)6(11)9(4-10)8-5/h10H,4H2,1-3H3. The Balaban J connectivity index is 2.93. The van der Waals surface area contributed by atoms with E-state index in [1.165, 1.54) is 0 Å². The fourth-order valence-corrected chi connectivity index (χ4v) is 0.925. The number of hydrazone groups is 1. The Labute approximate surface area is 65.5 Å². The first-order valence-corrected chi connectivity index (χ1v) is 3.48. The van der Waals surface area contributed by atoms with Crippen molar-refractivity contribution in [2.75, 3.05) is 6.73 Å². The lowest BCUT2D eigenvalue weighted by molar-refractivity contribution is -0.138. The number of nitrogens with zero attached hydrogens (tertiary/aromatic N) is 2. The second-order valence-corrected chi connectivity index (χ2v) is 3.16. The Kier molecular flexibility index (Phi) is 1.72. The van der Waals surface area contributed by atoms with Crippen LogP contribution in [0.2, 0.25) is 0 Å². The van der Waals surface area contributed by atoms with Gasteiger partial charge in [0, 0.05) is 0 Å². The molecule has 1 aliphatic rings. The van der Waals surface area contributed by atoms with Crippen LogP contribution in [0.1, 0.15) is 20.8 Å². The highest BCUT2D eigenvalue weighted by atomic mass is 16.3. The first-order valence-electron chi connectivity index (χ1n) is 3.48. The van der Waals surface area contributed by atoms with E-state index in [9.17, 15) is 4.79 Å². The average molecular weight is 156 g/mol. The molecule has 0 bridgehead atoms. The highest BCUT2D eigenvalue weighted by Crippen LogP contribution is 2.27. The molecule has 1 heterocycles. The predicted molar refractivity (Wildman–Crippen MR) is 40.8 cm³/mol. The molecule has 1 rings (SSSR count). The molecule has 0 fully saturated rings. The van der Waals surface area contributed by atoms with Crippen molar-refractivity contribution in [3.8, 4) is 0 Å². The summed E-state index contributed by atoms with van der Waals surface area (Å²) in [6.07, 6.45) is 0. The minimum atomic E-state index is -0.539. The number of hydrogen-bond acceptors (Lipinski definition) is 3. The van der Waals surface area contributed by atoms with Crippen molar-refractivity contribution in [3.63, 3.8) is 0 Å². The predicted octanol–water partition coefficient (Wildman–Crippen LogP) is 0.180. The van der Waals surface area contributed by atoms with E-state index in [1.807, 2.05) is 0 Å². The largest absolute Gasteiger partial charge is 0.374 e. The van der Waals surface area contributed by atoms with Gasteiger partial charge in [-0.05, 0) is 20.8 Å². The summed E-state index contributed by atoms with van der Waals surface area (Å²) in [5.41, 5.74) is 0.208. The minimum Gasteiger partial charge on any atom is -0.374 e. The lowest BCUT2D eigenvalue weighted by Crippen LogP contribution is -2.34. The van der Waals surface area contributed by atoms with Gasteiger partial charge in [0.05, 0.1) is 11.1 Å². The molecule has 0 atom stereocenters. The summed E-state index contributed by atoms with van der Waals surface area (Å²) < 4.78 is 0. The van der Waals surface area contributed by atoms with Gasteiger partial charge in [-0.1, -0.05) is 0 Å². The van der Waals surface area contributed by atoms with Crippen LogP contribution in [-0.4, -0.2) is 28.5 Å². The third kappa shape index (κ3) is 1.03. The van der Waals surface area contributed by atoms with E-state index in [2.05, 4.69) is 5.10 Å². The molecule has 0 saturated carbocycles. The van der Waals surface area contributed by atoms with E-state index in [1.54, 1.807) is 20.8 Å². The zero-order valence-corrected chi connectivity index (χ0v) is 6.96. The first-order chi connectivity index (χ1) is 5.00. The Morgan fingerprint density at radius 3 is 2.36 bits per heavy atom. The van der Waals surface area contributed by atoms with Gasteiger partial charge in [-0.25, -0.2) is 5.01 Å². The van der Waals surface area contributed by atoms with Gasteiger partial charge in [0.2, 0.25) is 0 Å². The quantitative estimate of drug-likeness (QED) is 0.588. The Hall–Kier alpha value is -0.900. The summed E-state index contributed by atoms with van der Waals surface area (Å²) in [4.78, 5) is 11.3. The van der Waals surface area contributed by atoms with E-state index < -0.39 is 5.41 Å². The fourth-order valence-electron chi connectivity index (χ4n) is 0.925. The molecule has 1 amide bonds. The molecule has 0 radical (unpaired) electrons. The highest BCUT2D eigenvalue weighted by molar-refractivity contribution is 6.10. The van der Waals surface area contributed by atoms with E-state index in [-0.39, 0.29) is 12.6 Å². The van der Waals surface area contributed by atoms with Crippen LogP contribution in [0.4, 0.5) is 0 Å². The molecule has 0 saturated heterocycles. The summed E-state index contributed by atoms with van der Waals surface area (Å²) in [5.74, 6) is -0.141. The third-order valence-electron chi connectivity index (χ3n) is 2.08. The molecule has 0 aromatic carbocycles. The van der Waals surface area contributed by atoms with Crippen molar-refractivity contribution in [1.29, 1.82) is 0 Å². The molecule has 11 heavy (non-hydrogen) atoms. The number of aliphatic hydroxyl groups is 1. The molecule has 0 spiro atoms. The van der Waals surface area contributed by atoms with E-state index in [4.69, 9.17) is 5.11 Å². The van der Waals surface area contributed by atoms with Crippen molar-refractivity contribution in [2.24, 2.45) is 10.5 Å². The molecule has 4 nitrogen and oxygen atoms in total. The van der Waals surface area contributed by atoms with Gasteiger partial charge in [-0.3, -0.25) is 4.79 Å². The molecule has 4 heteroatoms. The summed E-state index contributed by atoms with van der Waals surface area (Å²) in [6, 6.07) is 0. The zero-order valence-electron chi connectivity index (χ0n) is 6.96. The minimum absolute atomic E-state index is 0.141. The van der Waals surface area contributed by atoms with Crippen molar-refractivity contribution in [1.82, 2.24) is 5.01 Å². The van der Waals surface area contributed by atoms with Crippen LogP contribution in [0, 0.1) is 5.41 Å². The lowest BCUT2D eigenvalue weighted by Gasteiger charge is -2.16. The van der Waals surface area contributed by atoms with Crippen molar-refractivity contribution in [2.45, 2.75) is 20.8 Å². The normalized spacial score (nSPS) is 22.4. The number of carbonyl (C=O) groups is 1. The second kappa shape index (κ2) is 2.30. The van der Waals surface area contributed by atoms with Gasteiger partial charge in [0.1, 0.15) is 6.73 Å².